The van der Waals surface area contributed by atoms with Crippen LogP contribution in [0.4, 0.5) is 0 Å². The molecule has 0 radical (unpaired) electrons. The lowest BCUT2D eigenvalue weighted by Crippen LogP contribution is -2.40. The topological polar surface area (TPSA) is 50.8 Å². The van der Waals surface area contributed by atoms with Crippen molar-refractivity contribution in [1.29, 1.82) is 0 Å². The van der Waals surface area contributed by atoms with Gasteiger partial charge in [0, 0.05) is 19.6 Å². The number of likely N-dealkylation sites (N-methyl/N-ethyl adjacent to an activating group) is 1. The molecule has 5 heteroatoms. The standard InChI is InChI=1S/C17H24N2O3/c1-4-5-13-6-7-15(16(10-13)21-3)22-12-17(20)19(2)14-8-9-18-11-14/h4,6-7,10,14,18H,1,5,8-9,11-12H2,2-3H3. The summed E-state index contributed by atoms with van der Waals surface area (Å²) in [5, 5.41) is 3.26. The number of nitrogens with one attached hydrogen (secondary N) is 1. The lowest BCUT2D eigenvalue weighted by atomic mass is 10.1. The first-order chi connectivity index (χ1) is 10.7. The van der Waals surface area contributed by atoms with Crippen LogP contribution in [0.5, 0.6) is 11.5 Å². The highest BCUT2D eigenvalue weighted by molar-refractivity contribution is 5.78. The summed E-state index contributed by atoms with van der Waals surface area (Å²) in [6.07, 6.45) is 3.60. The summed E-state index contributed by atoms with van der Waals surface area (Å²) in [6.45, 7) is 5.55. The average Bonchev–Trinajstić information content (AvgIpc) is 3.07. The molecular formula is C17H24N2O3. The molecule has 22 heavy (non-hydrogen) atoms. The summed E-state index contributed by atoms with van der Waals surface area (Å²) in [5.41, 5.74) is 1.10. The van der Waals surface area contributed by atoms with E-state index in [2.05, 4.69) is 11.9 Å². The highest BCUT2D eigenvalue weighted by Gasteiger charge is 2.23. The molecule has 1 aromatic carbocycles. The number of nitrogens with zero attached hydrogens (tertiary/aromatic N) is 1. The van der Waals surface area contributed by atoms with Gasteiger partial charge in [0.1, 0.15) is 0 Å². The number of ether oxygens (including phenoxy) is 2. The molecule has 1 N–H and O–H groups in total. The predicted molar refractivity (Wildman–Crippen MR) is 86.4 cm³/mol. The number of carbonyl (C=O) groups is 1. The quantitative estimate of drug-likeness (QED) is 0.778. The first-order valence-electron chi connectivity index (χ1n) is 7.52. The van der Waals surface area contributed by atoms with E-state index >= 15 is 0 Å². The van der Waals surface area contributed by atoms with Crippen molar-refractivity contribution in [3.63, 3.8) is 0 Å². The number of hydrogen-bond donors (Lipinski definition) is 1. The maximum absolute atomic E-state index is 12.2. The molecule has 1 amide bonds. The van der Waals surface area contributed by atoms with Crippen LogP contribution < -0.4 is 14.8 Å². The van der Waals surface area contributed by atoms with E-state index in [1.54, 1.807) is 12.0 Å². The molecule has 0 aromatic heterocycles. The van der Waals surface area contributed by atoms with E-state index in [0.29, 0.717) is 11.5 Å². The van der Waals surface area contributed by atoms with Crippen LogP contribution in [0.3, 0.4) is 0 Å². The molecule has 1 unspecified atom stereocenters. The molecule has 0 bridgehead atoms. The summed E-state index contributed by atoms with van der Waals surface area (Å²) < 4.78 is 11.0. The van der Waals surface area contributed by atoms with E-state index < -0.39 is 0 Å². The zero-order valence-electron chi connectivity index (χ0n) is 13.3. The molecule has 1 fully saturated rings. The summed E-state index contributed by atoms with van der Waals surface area (Å²) in [7, 11) is 3.42. The first kappa shape index (κ1) is 16.4. The van der Waals surface area contributed by atoms with Crippen LogP contribution in [0.2, 0.25) is 0 Å². The minimum absolute atomic E-state index is 0.0180. The largest absolute Gasteiger partial charge is 0.493 e. The van der Waals surface area contributed by atoms with Crippen LogP contribution in [-0.4, -0.2) is 50.7 Å². The Morgan fingerprint density at radius 3 is 2.95 bits per heavy atom. The molecule has 1 aromatic rings. The van der Waals surface area contributed by atoms with E-state index in [4.69, 9.17) is 9.47 Å². The summed E-state index contributed by atoms with van der Waals surface area (Å²) in [6, 6.07) is 5.95. The van der Waals surface area contributed by atoms with Crippen LogP contribution in [0, 0.1) is 0 Å². The van der Waals surface area contributed by atoms with Crippen molar-refractivity contribution in [2.24, 2.45) is 0 Å². The van der Waals surface area contributed by atoms with Gasteiger partial charge in [-0.05, 0) is 37.1 Å². The van der Waals surface area contributed by atoms with E-state index in [1.165, 1.54) is 0 Å². The first-order valence-corrected chi connectivity index (χ1v) is 7.52. The van der Waals surface area contributed by atoms with Crippen molar-refractivity contribution in [1.82, 2.24) is 10.2 Å². The number of carbonyl (C=O) groups excluding carboxylic acids is 1. The SMILES string of the molecule is C=CCc1ccc(OCC(=O)N(C)C2CCNC2)c(OC)c1. The van der Waals surface area contributed by atoms with Gasteiger partial charge < -0.3 is 19.7 Å². The predicted octanol–water partition coefficient (Wildman–Crippen LogP) is 1.62. The third kappa shape index (κ3) is 4.01. The van der Waals surface area contributed by atoms with Crippen molar-refractivity contribution in [3.05, 3.63) is 36.4 Å². The molecule has 1 aliphatic rings. The van der Waals surface area contributed by atoms with Crippen molar-refractivity contribution < 1.29 is 14.3 Å². The van der Waals surface area contributed by atoms with Crippen molar-refractivity contribution in [2.45, 2.75) is 18.9 Å². The monoisotopic (exact) mass is 304 g/mol. The van der Waals surface area contributed by atoms with Gasteiger partial charge in [0.15, 0.2) is 18.1 Å². The number of allylic oxidation sites excluding steroid dienone is 1. The normalized spacial score (nSPS) is 17.1. The third-order valence-electron chi connectivity index (χ3n) is 3.93. The Morgan fingerprint density at radius 2 is 2.32 bits per heavy atom. The van der Waals surface area contributed by atoms with Crippen LogP contribution >= 0.6 is 0 Å². The fraction of sp³-hybridized carbons (Fsp3) is 0.471. The Balaban J connectivity index is 1.95. The van der Waals surface area contributed by atoms with Gasteiger partial charge in [-0.1, -0.05) is 12.1 Å². The molecule has 5 nitrogen and oxygen atoms in total. The van der Waals surface area contributed by atoms with Gasteiger partial charge in [-0.3, -0.25) is 4.79 Å². The number of hydrogen-bond acceptors (Lipinski definition) is 4. The van der Waals surface area contributed by atoms with E-state index in [1.807, 2.05) is 31.3 Å². The van der Waals surface area contributed by atoms with E-state index in [9.17, 15) is 4.79 Å². The lowest BCUT2D eigenvalue weighted by Gasteiger charge is -2.24. The molecule has 1 aliphatic heterocycles. The zero-order chi connectivity index (χ0) is 15.9. The van der Waals surface area contributed by atoms with Gasteiger partial charge in [-0.15, -0.1) is 6.58 Å². The molecule has 2 rings (SSSR count). The highest BCUT2D eigenvalue weighted by atomic mass is 16.5. The van der Waals surface area contributed by atoms with Gasteiger partial charge in [-0.25, -0.2) is 0 Å². The maximum Gasteiger partial charge on any atom is 0.260 e. The Labute approximate surface area is 131 Å². The third-order valence-corrected chi connectivity index (χ3v) is 3.93. The molecule has 1 heterocycles. The maximum atomic E-state index is 12.2. The second kappa shape index (κ2) is 7.84. The number of methoxy groups -OCH3 is 1. The van der Waals surface area contributed by atoms with Gasteiger partial charge in [0.05, 0.1) is 7.11 Å². The zero-order valence-corrected chi connectivity index (χ0v) is 13.3. The Bertz CT molecular complexity index is 525. The van der Waals surface area contributed by atoms with Crippen LogP contribution in [-0.2, 0) is 11.2 Å². The minimum Gasteiger partial charge on any atom is -0.493 e. The smallest absolute Gasteiger partial charge is 0.260 e. The second-order valence-corrected chi connectivity index (χ2v) is 5.42. The summed E-state index contributed by atoms with van der Waals surface area (Å²) >= 11 is 0. The molecule has 1 atom stereocenters. The molecular weight excluding hydrogens is 280 g/mol. The van der Waals surface area contributed by atoms with Crippen LogP contribution in [0.1, 0.15) is 12.0 Å². The minimum atomic E-state index is -0.0223. The molecule has 0 spiro atoms. The summed E-state index contributed by atoms with van der Waals surface area (Å²) in [5.74, 6) is 1.20. The van der Waals surface area contributed by atoms with Crippen LogP contribution in [0.15, 0.2) is 30.9 Å². The van der Waals surface area contributed by atoms with Gasteiger partial charge >= 0.3 is 0 Å². The molecule has 1 saturated heterocycles. The second-order valence-electron chi connectivity index (χ2n) is 5.42. The molecule has 0 saturated carbocycles. The Kier molecular flexibility index (Phi) is 5.83. The fourth-order valence-electron chi connectivity index (χ4n) is 2.54. The summed E-state index contributed by atoms with van der Waals surface area (Å²) in [4.78, 5) is 14.0. The molecule has 0 aliphatic carbocycles. The van der Waals surface area contributed by atoms with E-state index in [0.717, 1.165) is 31.5 Å². The van der Waals surface area contributed by atoms with Gasteiger partial charge in [-0.2, -0.15) is 0 Å². The van der Waals surface area contributed by atoms with Gasteiger partial charge in [0.25, 0.3) is 5.91 Å². The lowest BCUT2D eigenvalue weighted by molar-refractivity contribution is -0.133. The number of rotatable bonds is 7. The van der Waals surface area contributed by atoms with Crippen LogP contribution in [0.25, 0.3) is 0 Å². The Hall–Kier alpha value is -2.01. The fourth-order valence-corrected chi connectivity index (χ4v) is 2.54. The van der Waals surface area contributed by atoms with Gasteiger partial charge in [0.2, 0.25) is 0 Å². The van der Waals surface area contributed by atoms with Crippen molar-refractivity contribution in [2.75, 3.05) is 33.9 Å². The Morgan fingerprint density at radius 1 is 1.50 bits per heavy atom. The highest BCUT2D eigenvalue weighted by Crippen LogP contribution is 2.28. The van der Waals surface area contributed by atoms with Crippen molar-refractivity contribution in [3.8, 4) is 11.5 Å². The van der Waals surface area contributed by atoms with Crippen molar-refractivity contribution >= 4 is 5.91 Å². The number of benzene rings is 1. The number of amides is 1. The average molecular weight is 304 g/mol. The van der Waals surface area contributed by atoms with E-state index in [-0.39, 0.29) is 18.6 Å². The molecule has 120 valence electrons.